The van der Waals surface area contributed by atoms with Gasteiger partial charge in [0.05, 0.1) is 6.26 Å². The molecule has 0 saturated heterocycles. The number of carbonyl (C=O) groups is 1. The van der Waals surface area contributed by atoms with E-state index < -0.39 is 0 Å². The smallest absolute Gasteiger partial charge is 0.282 e. The van der Waals surface area contributed by atoms with Crippen LogP contribution in [0.1, 0.15) is 31.2 Å². The number of hydrogen-bond acceptors (Lipinski definition) is 3. The summed E-state index contributed by atoms with van der Waals surface area (Å²) in [5.74, 6) is 1.57. The molecule has 0 saturated carbocycles. The number of rotatable bonds is 8. The number of nitrogens with two attached hydrogens (primary N) is 1. The first-order valence-electron chi connectivity index (χ1n) is 9.08. The molecule has 1 aromatic heterocycles. The second-order valence-corrected chi connectivity index (χ2v) is 6.57. The normalized spacial score (nSPS) is 13.0. The van der Waals surface area contributed by atoms with Crippen LogP contribution in [0.2, 0.25) is 0 Å². The maximum atomic E-state index is 12.4. The van der Waals surface area contributed by atoms with E-state index in [1.54, 1.807) is 6.26 Å². The van der Waals surface area contributed by atoms with Crippen molar-refractivity contribution in [3.63, 3.8) is 0 Å². The van der Waals surface area contributed by atoms with Gasteiger partial charge < -0.3 is 19.8 Å². The molecule has 3 aromatic rings. The molecule has 0 bridgehead atoms. The van der Waals surface area contributed by atoms with Crippen LogP contribution in [0.3, 0.4) is 0 Å². The van der Waals surface area contributed by atoms with Crippen molar-refractivity contribution in [1.82, 2.24) is 0 Å². The van der Waals surface area contributed by atoms with E-state index in [0.717, 1.165) is 22.8 Å². The van der Waals surface area contributed by atoms with Gasteiger partial charge >= 0.3 is 0 Å². The van der Waals surface area contributed by atoms with E-state index in [4.69, 9.17) is 9.15 Å². The standard InChI is InChI=1S/C22H24N2O3/c1-16(21-9-6-14-26-21)23-17(2)22(25)24-19-10-12-20(13-11-19)27-15-18-7-4-3-5-8-18/h3-14,16-17,23H,15H2,1-2H3,(H,24,25)/p+1/t16-,17-/m1/s1. The lowest BCUT2D eigenvalue weighted by molar-refractivity contribution is -0.711. The van der Waals surface area contributed by atoms with Crippen molar-refractivity contribution < 1.29 is 19.3 Å². The van der Waals surface area contributed by atoms with E-state index in [0.29, 0.717) is 6.61 Å². The Morgan fingerprint density at radius 1 is 1.04 bits per heavy atom. The van der Waals surface area contributed by atoms with Gasteiger partial charge in [-0.05, 0) is 55.8 Å². The second-order valence-electron chi connectivity index (χ2n) is 6.57. The van der Waals surface area contributed by atoms with Gasteiger partial charge in [0, 0.05) is 5.69 Å². The summed E-state index contributed by atoms with van der Waals surface area (Å²) in [5.41, 5.74) is 1.86. The third-order valence-electron chi connectivity index (χ3n) is 4.35. The molecule has 0 spiro atoms. The highest BCUT2D eigenvalue weighted by molar-refractivity contribution is 5.93. The molecule has 1 amide bonds. The van der Waals surface area contributed by atoms with Gasteiger partial charge in [0.25, 0.3) is 5.91 Å². The fourth-order valence-corrected chi connectivity index (χ4v) is 2.80. The Hall–Kier alpha value is -3.05. The fraction of sp³-hybridized carbons (Fsp3) is 0.227. The maximum Gasteiger partial charge on any atom is 0.282 e. The molecule has 5 nitrogen and oxygen atoms in total. The maximum absolute atomic E-state index is 12.4. The van der Waals surface area contributed by atoms with Gasteiger partial charge in [0.15, 0.2) is 11.8 Å². The topological polar surface area (TPSA) is 68.1 Å². The molecule has 3 rings (SSSR count). The minimum atomic E-state index is -0.237. The average Bonchev–Trinajstić information content (AvgIpc) is 3.23. The molecular weight excluding hydrogens is 340 g/mol. The fourth-order valence-electron chi connectivity index (χ4n) is 2.80. The van der Waals surface area contributed by atoms with Crippen LogP contribution in [0.15, 0.2) is 77.4 Å². The van der Waals surface area contributed by atoms with Crippen molar-refractivity contribution in [3.05, 3.63) is 84.3 Å². The number of anilines is 1. The van der Waals surface area contributed by atoms with E-state index >= 15 is 0 Å². The van der Waals surface area contributed by atoms with Crippen molar-refractivity contribution >= 4 is 11.6 Å². The summed E-state index contributed by atoms with van der Waals surface area (Å²) in [7, 11) is 0. The third-order valence-corrected chi connectivity index (χ3v) is 4.35. The summed E-state index contributed by atoms with van der Waals surface area (Å²) < 4.78 is 11.1. The number of ether oxygens (including phenoxy) is 1. The number of hydrogen-bond donors (Lipinski definition) is 2. The number of benzene rings is 2. The Morgan fingerprint density at radius 2 is 1.78 bits per heavy atom. The van der Waals surface area contributed by atoms with E-state index in [9.17, 15) is 4.79 Å². The summed E-state index contributed by atoms with van der Waals surface area (Å²) in [4.78, 5) is 12.4. The average molecular weight is 365 g/mol. The predicted octanol–water partition coefficient (Wildman–Crippen LogP) is 3.51. The minimum absolute atomic E-state index is 0.0497. The van der Waals surface area contributed by atoms with Gasteiger partial charge in [0.2, 0.25) is 0 Å². The molecule has 0 radical (unpaired) electrons. The van der Waals surface area contributed by atoms with Crippen molar-refractivity contribution in [2.75, 3.05) is 5.32 Å². The second kappa shape index (κ2) is 9.05. The highest BCUT2D eigenvalue weighted by atomic mass is 16.5. The molecule has 27 heavy (non-hydrogen) atoms. The molecule has 0 aliphatic carbocycles. The predicted molar refractivity (Wildman–Crippen MR) is 104 cm³/mol. The van der Waals surface area contributed by atoms with Crippen LogP contribution in [0, 0.1) is 0 Å². The Labute approximate surface area is 159 Å². The summed E-state index contributed by atoms with van der Waals surface area (Å²) in [6.07, 6.45) is 1.64. The Morgan fingerprint density at radius 3 is 2.44 bits per heavy atom. The van der Waals surface area contributed by atoms with Gasteiger partial charge in [0.1, 0.15) is 18.4 Å². The van der Waals surface area contributed by atoms with Crippen LogP contribution in [0.25, 0.3) is 0 Å². The first-order chi connectivity index (χ1) is 13.1. The molecule has 0 aliphatic heterocycles. The molecule has 0 fully saturated rings. The van der Waals surface area contributed by atoms with E-state index in [1.807, 2.05) is 85.9 Å². The zero-order valence-electron chi connectivity index (χ0n) is 15.6. The molecule has 5 heteroatoms. The summed E-state index contributed by atoms with van der Waals surface area (Å²) in [6, 6.07) is 21.0. The Kier molecular flexibility index (Phi) is 6.28. The highest BCUT2D eigenvalue weighted by Crippen LogP contribution is 2.17. The molecule has 2 aromatic carbocycles. The van der Waals surface area contributed by atoms with E-state index in [2.05, 4.69) is 5.32 Å². The lowest BCUT2D eigenvalue weighted by atomic mass is 10.2. The SMILES string of the molecule is C[C@@H]([NH2+][C@H](C)c1ccco1)C(=O)Nc1ccc(OCc2ccccc2)cc1. The third kappa shape index (κ3) is 5.46. The molecular formula is C22H25N2O3+. The zero-order chi connectivity index (χ0) is 19.1. The largest absolute Gasteiger partial charge is 0.489 e. The molecule has 0 aliphatic rings. The number of nitrogens with one attached hydrogen (secondary N) is 1. The lowest BCUT2D eigenvalue weighted by Gasteiger charge is -2.15. The van der Waals surface area contributed by atoms with Gasteiger partial charge in [-0.3, -0.25) is 4.79 Å². The van der Waals surface area contributed by atoms with Crippen LogP contribution in [0.4, 0.5) is 5.69 Å². The number of carbonyl (C=O) groups excluding carboxylic acids is 1. The quantitative estimate of drug-likeness (QED) is 0.642. The monoisotopic (exact) mass is 365 g/mol. The molecule has 0 unspecified atom stereocenters. The minimum Gasteiger partial charge on any atom is -0.489 e. The number of furan rings is 1. The zero-order valence-corrected chi connectivity index (χ0v) is 15.6. The van der Waals surface area contributed by atoms with Gasteiger partial charge in [-0.2, -0.15) is 0 Å². The van der Waals surface area contributed by atoms with Crippen LogP contribution in [0.5, 0.6) is 5.75 Å². The van der Waals surface area contributed by atoms with Crippen LogP contribution < -0.4 is 15.4 Å². The van der Waals surface area contributed by atoms with Crippen LogP contribution in [-0.2, 0) is 11.4 Å². The Bertz CT molecular complexity index is 830. The van der Waals surface area contributed by atoms with Crippen LogP contribution >= 0.6 is 0 Å². The summed E-state index contributed by atoms with van der Waals surface area (Å²) in [5, 5.41) is 4.91. The summed E-state index contributed by atoms with van der Waals surface area (Å²) >= 11 is 0. The molecule has 3 N–H and O–H groups in total. The van der Waals surface area contributed by atoms with Crippen molar-refractivity contribution in [1.29, 1.82) is 0 Å². The number of quaternary nitrogens is 1. The van der Waals surface area contributed by atoms with Crippen molar-refractivity contribution in [3.8, 4) is 5.75 Å². The van der Waals surface area contributed by atoms with Crippen molar-refractivity contribution in [2.24, 2.45) is 0 Å². The van der Waals surface area contributed by atoms with E-state index in [1.165, 1.54) is 0 Å². The van der Waals surface area contributed by atoms with Gasteiger partial charge in [-0.15, -0.1) is 0 Å². The van der Waals surface area contributed by atoms with E-state index in [-0.39, 0.29) is 18.0 Å². The molecule has 1 heterocycles. The molecule has 2 atom stereocenters. The highest BCUT2D eigenvalue weighted by Gasteiger charge is 2.21. The lowest BCUT2D eigenvalue weighted by Crippen LogP contribution is -2.91. The number of amides is 1. The van der Waals surface area contributed by atoms with Gasteiger partial charge in [-0.25, -0.2) is 0 Å². The van der Waals surface area contributed by atoms with Crippen LogP contribution in [-0.4, -0.2) is 11.9 Å². The van der Waals surface area contributed by atoms with Gasteiger partial charge in [-0.1, -0.05) is 30.3 Å². The van der Waals surface area contributed by atoms with Crippen molar-refractivity contribution in [2.45, 2.75) is 32.5 Å². The summed E-state index contributed by atoms with van der Waals surface area (Å²) in [6.45, 7) is 4.41. The first kappa shape index (κ1) is 18.7. The Balaban J connectivity index is 1.49. The molecule has 140 valence electrons. The first-order valence-corrected chi connectivity index (χ1v) is 9.08.